The lowest BCUT2D eigenvalue weighted by atomic mass is 10.1. The second kappa shape index (κ2) is 8.06. The van der Waals surface area contributed by atoms with E-state index in [0.29, 0.717) is 17.2 Å². The van der Waals surface area contributed by atoms with Crippen LogP contribution in [0.1, 0.15) is 31.9 Å². The minimum Gasteiger partial charge on any atom is -0.489 e. The second-order valence-electron chi connectivity index (χ2n) is 6.46. The van der Waals surface area contributed by atoms with Gasteiger partial charge in [-0.3, -0.25) is 4.79 Å². The SMILES string of the molecule is Cc1cc(C)cc(OCc2csc(C(=O)Nc3ccc(C(F)(F)F)cc3)c2)c1. The summed E-state index contributed by atoms with van der Waals surface area (Å²) in [5.74, 6) is 0.391. The molecule has 0 bridgehead atoms. The van der Waals surface area contributed by atoms with E-state index in [4.69, 9.17) is 4.74 Å². The van der Waals surface area contributed by atoms with E-state index >= 15 is 0 Å². The fraction of sp³-hybridized carbons (Fsp3) is 0.190. The van der Waals surface area contributed by atoms with E-state index in [2.05, 4.69) is 11.4 Å². The molecule has 0 spiro atoms. The number of carbonyl (C=O) groups is 1. The molecule has 1 aromatic heterocycles. The van der Waals surface area contributed by atoms with E-state index in [9.17, 15) is 18.0 Å². The van der Waals surface area contributed by atoms with Crippen molar-refractivity contribution < 1.29 is 22.7 Å². The lowest BCUT2D eigenvalue weighted by molar-refractivity contribution is -0.137. The Morgan fingerprint density at radius 3 is 2.29 bits per heavy atom. The van der Waals surface area contributed by atoms with E-state index in [-0.39, 0.29) is 5.91 Å². The highest BCUT2D eigenvalue weighted by atomic mass is 32.1. The standard InChI is InChI=1S/C21H18F3NO2S/c1-13-7-14(2)9-18(8-13)27-11-15-10-19(28-12-15)20(26)25-17-5-3-16(4-6-17)21(22,23)24/h3-10,12H,11H2,1-2H3,(H,25,26). The third kappa shape index (κ3) is 5.13. The summed E-state index contributed by atoms with van der Waals surface area (Å²) in [6.45, 7) is 4.31. The molecule has 146 valence electrons. The van der Waals surface area contributed by atoms with Gasteiger partial charge < -0.3 is 10.1 Å². The van der Waals surface area contributed by atoms with Gasteiger partial charge in [-0.05, 0) is 72.8 Å². The molecule has 1 amide bonds. The van der Waals surface area contributed by atoms with Crippen LogP contribution in [-0.4, -0.2) is 5.91 Å². The first-order chi connectivity index (χ1) is 13.2. The van der Waals surface area contributed by atoms with Crippen molar-refractivity contribution >= 4 is 22.9 Å². The fourth-order valence-corrected chi connectivity index (χ4v) is 3.48. The molecular weight excluding hydrogens is 387 g/mol. The smallest absolute Gasteiger partial charge is 0.416 e. The molecule has 2 aromatic carbocycles. The Balaban J connectivity index is 1.60. The topological polar surface area (TPSA) is 38.3 Å². The zero-order valence-electron chi connectivity index (χ0n) is 15.3. The minimum absolute atomic E-state index is 0.305. The number of hydrogen-bond acceptors (Lipinski definition) is 3. The average Bonchev–Trinajstić information content (AvgIpc) is 3.08. The number of rotatable bonds is 5. The van der Waals surface area contributed by atoms with Gasteiger partial charge in [-0.15, -0.1) is 11.3 Å². The van der Waals surface area contributed by atoms with Crippen LogP contribution in [0.5, 0.6) is 5.75 Å². The normalized spacial score (nSPS) is 11.3. The molecule has 0 unspecified atom stereocenters. The monoisotopic (exact) mass is 405 g/mol. The highest BCUT2D eigenvalue weighted by Crippen LogP contribution is 2.30. The largest absolute Gasteiger partial charge is 0.489 e. The number of alkyl halides is 3. The predicted octanol–water partition coefficient (Wildman–Crippen LogP) is 6.22. The van der Waals surface area contributed by atoms with Crippen LogP contribution in [-0.2, 0) is 12.8 Å². The second-order valence-corrected chi connectivity index (χ2v) is 7.37. The molecule has 0 aliphatic rings. The van der Waals surface area contributed by atoms with Crippen LogP contribution in [0.15, 0.2) is 53.9 Å². The summed E-state index contributed by atoms with van der Waals surface area (Å²) >= 11 is 1.25. The number of benzene rings is 2. The van der Waals surface area contributed by atoms with Crippen LogP contribution in [0.2, 0.25) is 0 Å². The first-order valence-corrected chi connectivity index (χ1v) is 9.36. The molecule has 3 aromatic rings. The Hall–Kier alpha value is -2.80. The summed E-state index contributed by atoms with van der Waals surface area (Å²) in [5.41, 5.74) is 2.61. The van der Waals surface area contributed by atoms with Gasteiger partial charge in [-0.1, -0.05) is 6.07 Å². The number of amides is 1. The van der Waals surface area contributed by atoms with E-state index in [1.807, 2.05) is 31.4 Å². The maximum atomic E-state index is 12.6. The third-order valence-corrected chi connectivity index (χ3v) is 4.93. The van der Waals surface area contributed by atoms with Crippen molar-refractivity contribution in [2.24, 2.45) is 0 Å². The summed E-state index contributed by atoms with van der Waals surface area (Å²) in [5, 5.41) is 4.43. The van der Waals surface area contributed by atoms with Gasteiger partial charge in [0.25, 0.3) is 5.91 Å². The Morgan fingerprint density at radius 2 is 1.68 bits per heavy atom. The number of ether oxygens (including phenoxy) is 1. The van der Waals surface area contributed by atoms with Crippen LogP contribution in [0.25, 0.3) is 0 Å². The number of carbonyl (C=O) groups excluding carboxylic acids is 1. The van der Waals surface area contributed by atoms with E-state index in [1.54, 1.807) is 6.07 Å². The summed E-state index contributed by atoms with van der Waals surface area (Å²) in [6, 6.07) is 12.0. The lowest BCUT2D eigenvalue weighted by Gasteiger charge is -2.08. The van der Waals surface area contributed by atoms with Gasteiger partial charge in [-0.25, -0.2) is 0 Å². The van der Waals surface area contributed by atoms with Crippen molar-refractivity contribution in [3.8, 4) is 5.75 Å². The number of hydrogen-bond donors (Lipinski definition) is 1. The van der Waals surface area contributed by atoms with Crippen molar-refractivity contribution in [3.05, 3.63) is 81.0 Å². The zero-order valence-corrected chi connectivity index (χ0v) is 16.1. The summed E-state index contributed by atoms with van der Waals surface area (Å²) in [7, 11) is 0. The van der Waals surface area contributed by atoms with Crippen molar-refractivity contribution in [1.82, 2.24) is 0 Å². The van der Waals surface area contributed by atoms with Crippen molar-refractivity contribution in [2.75, 3.05) is 5.32 Å². The molecule has 7 heteroatoms. The van der Waals surface area contributed by atoms with Crippen LogP contribution in [0.4, 0.5) is 18.9 Å². The molecule has 0 radical (unpaired) electrons. The highest BCUT2D eigenvalue weighted by molar-refractivity contribution is 7.12. The van der Waals surface area contributed by atoms with Gasteiger partial charge in [-0.2, -0.15) is 13.2 Å². The Bertz CT molecular complexity index is 958. The van der Waals surface area contributed by atoms with Crippen LogP contribution in [0, 0.1) is 13.8 Å². The van der Waals surface area contributed by atoms with Gasteiger partial charge in [0, 0.05) is 11.3 Å². The van der Waals surface area contributed by atoms with Gasteiger partial charge in [0.15, 0.2) is 0 Å². The zero-order chi connectivity index (χ0) is 20.3. The summed E-state index contributed by atoms with van der Waals surface area (Å²) in [4.78, 5) is 12.8. The first kappa shape index (κ1) is 19.9. The first-order valence-electron chi connectivity index (χ1n) is 8.48. The van der Waals surface area contributed by atoms with Gasteiger partial charge in [0.2, 0.25) is 0 Å². The van der Waals surface area contributed by atoms with Gasteiger partial charge in [0.05, 0.1) is 10.4 Å². The maximum absolute atomic E-state index is 12.6. The minimum atomic E-state index is -4.40. The molecule has 0 atom stereocenters. The molecule has 0 saturated heterocycles. The summed E-state index contributed by atoms with van der Waals surface area (Å²) in [6.07, 6.45) is -4.40. The molecule has 0 saturated carbocycles. The van der Waals surface area contributed by atoms with Gasteiger partial charge in [0.1, 0.15) is 12.4 Å². The quantitative estimate of drug-likeness (QED) is 0.548. The molecule has 28 heavy (non-hydrogen) atoms. The summed E-state index contributed by atoms with van der Waals surface area (Å²) < 4.78 is 43.6. The molecule has 0 fully saturated rings. The van der Waals surface area contributed by atoms with Crippen molar-refractivity contribution in [2.45, 2.75) is 26.6 Å². The number of thiophene rings is 1. The van der Waals surface area contributed by atoms with E-state index < -0.39 is 11.7 Å². The highest BCUT2D eigenvalue weighted by Gasteiger charge is 2.30. The molecular formula is C21H18F3NO2S. The Kier molecular flexibility index (Phi) is 5.74. The van der Waals surface area contributed by atoms with Crippen LogP contribution < -0.4 is 10.1 Å². The lowest BCUT2D eigenvalue weighted by Crippen LogP contribution is -2.11. The number of nitrogens with one attached hydrogen (secondary N) is 1. The molecule has 0 aliphatic carbocycles. The van der Waals surface area contributed by atoms with E-state index in [0.717, 1.165) is 34.6 Å². The maximum Gasteiger partial charge on any atom is 0.416 e. The molecule has 0 aliphatic heterocycles. The molecule has 1 heterocycles. The number of anilines is 1. The average molecular weight is 405 g/mol. The van der Waals surface area contributed by atoms with Crippen LogP contribution in [0.3, 0.4) is 0 Å². The van der Waals surface area contributed by atoms with Crippen LogP contribution >= 0.6 is 11.3 Å². The molecule has 3 nitrogen and oxygen atoms in total. The third-order valence-electron chi connectivity index (χ3n) is 3.95. The van der Waals surface area contributed by atoms with Gasteiger partial charge >= 0.3 is 6.18 Å². The fourth-order valence-electron chi connectivity index (χ4n) is 2.69. The van der Waals surface area contributed by atoms with E-state index in [1.165, 1.54) is 23.5 Å². The predicted molar refractivity (Wildman–Crippen MR) is 104 cm³/mol. The molecule has 3 rings (SSSR count). The van der Waals surface area contributed by atoms with Crippen molar-refractivity contribution in [1.29, 1.82) is 0 Å². The number of aryl methyl sites for hydroxylation is 2. The molecule has 1 N–H and O–H groups in total. The Labute approximate surface area is 164 Å². The van der Waals surface area contributed by atoms with Crippen molar-refractivity contribution in [3.63, 3.8) is 0 Å². The number of halogens is 3. The Morgan fingerprint density at radius 1 is 1.04 bits per heavy atom.